The Labute approximate surface area is 202 Å². The highest BCUT2D eigenvalue weighted by molar-refractivity contribution is 7.88. The van der Waals surface area contributed by atoms with Gasteiger partial charge in [-0.15, -0.1) is 0 Å². The normalized spacial score (nSPS) is 18.1. The van der Waals surface area contributed by atoms with Crippen LogP contribution < -0.4 is 15.4 Å². The van der Waals surface area contributed by atoms with Gasteiger partial charge >= 0.3 is 0 Å². The number of benzene rings is 1. The van der Waals surface area contributed by atoms with Gasteiger partial charge in [0.25, 0.3) is 0 Å². The summed E-state index contributed by atoms with van der Waals surface area (Å²) < 4.78 is 20.0. The van der Waals surface area contributed by atoms with Crippen LogP contribution in [0.4, 0.5) is 5.69 Å². The van der Waals surface area contributed by atoms with Gasteiger partial charge in [0.05, 0.1) is 29.9 Å². The number of hydrogen-bond acceptors (Lipinski definition) is 5. The monoisotopic (exact) mass is 478 g/mol. The van der Waals surface area contributed by atoms with Crippen LogP contribution in [0.2, 0.25) is 0 Å². The molecule has 1 aromatic heterocycles. The molecule has 0 spiro atoms. The molecule has 1 aliphatic carbocycles. The molecule has 0 bridgehead atoms. The molecular weight excluding hydrogens is 448 g/mol. The molecule has 2 aromatic rings. The van der Waals surface area contributed by atoms with E-state index in [1.807, 2.05) is 66.5 Å². The maximum atomic E-state index is 12.6. The maximum absolute atomic E-state index is 12.6. The summed E-state index contributed by atoms with van der Waals surface area (Å²) in [6.07, 6.45) is 14.9. The lowest BCUT2D eigenvalue weighted by Crippen LogP contribution is -2.30. The van der Waals surface area contributed by atoms with Crippen LogP contribution in [0.3, 0.4) is 0 Å². The molecule has 34 heavy (non-hydrogen) atoms. The number of ether oxygens (including phenoxy) is 1. The van der Waals surface area contributed by atoms with Crippen molar-refractivity contribution in [3.8, 4) is 5.75 Å². The summed E-state index contributed by atoms with van der Waals surface area (Å²) in [5.41, 5.74) is 3.30. The van der Waals surface area contributed by atoms with Crippen molar-refractivity contribution in [3.63, 3.8) is 0 Å². The van der Waals surface area contributed by atoms with Crippen LogP contribution in [0, 0.1) is 6.92 Å². The highest BCUT2D eigenvalue weighted by atomic mass is 32.2. The van der Waals surface area contributed by atoms with Gasteiger partial charge in [-0.2, -0.15) is 5.10 Å². The van der Waals surface area contributed by atoms with Crippen molar-refractivity contribution in [1.29, 1.82) is 0 Å². The zero-order chi connectivity index (χ0) is 24.5. The van der Waals surface area contributed by atoms with Crippen molar-refractivity contribution in [2.24, 2.45) is 0 Å². The molecule has 0 fully saturated rings. The second-order valence-corrected chi connectivity index (χ2v) is 10.8. The van der Waals surface area contributed by atoms with Gasteiger partial charge in [0.2, 0.25) is 5.91 Å². The number of nitrogens with one attached hydrogen (secondary N) is 2. The van der Waals surface area contributed by atoms with Gasteiger partial charge in [-0.1, -0.05) is 18.2 Å². The van der Waals surface area contributed by atoms with Gasteiger partial charge in [-0.3, -0.25) is 13.7 Å². The number of carbonyl (C=O) groups excluding carboxylic acids is 1. The first-order chi connectivity index (χ1) is 16.1. The van der Waals surface area contributed by atoms with E-state index in [1.54, 1.807) is 12.5 Å². The van der Waals surface area contributed by atoms with E-state index in [-0.39, 0.29) is 23.9 Å². The van der Waals surface area contributed by atoms with E-state index in [9.17, 15) is 9.00 Å². The average molecular weight is 479 g/mol. The smallest absolute Gasteiger partial charge is 0.228 e. The minimum atomic E-state index is -1.07. The van der Waals surface area contributed by atoms with Crippen LogP contribution in [-0.2, 0) is 27.6 Å². The number of amides is 1. The van der Waals surface area contributed by atoms with E-state index in [4.69, 9.17) is 4.74 Å². The fraction of sp³-hybridized carbons (Fsp3) is 0.308. The van der Waals surface area contributed by atoms with E-state index in [0.717, 1.165) is 21.6 Å². The highest BCUT2D eigenvalue weighted by Gasteiger charge is 2.22. The van der Waals surface area contributed by atoms with Crippen molar-refractivity contribution >= 4 is 22.4 Å². The molecule has 2 unspecified atom stereocenters. The van der Waals surface area contributed by atoms with Gasteiger partial charge in [0.1, 0.15) is 11.5 Å². The molecule has 2 N–H and O–H groups in total. The molecule has 2 aliphatic rings. The summed E-state index contributed by atoms with van der Waals surface area (Å²) in [4.78, 5) is 13.3. The standard InChI is InChI=1S/C26H30N4O3S/c1-17-12-18(13-25(31)29-19-15-28-30(16-19)26(2,3)4)6-9-23(17)33-24-10-11-27-22-8-7-20(34(5)32)14-21(22)24/h6-12,14-16,22,27H,13H2,1-5H3,(H,29,31). The summed E-state index contributed by atoms with van der Waals surface area (Å²) in [6, 6.07) is 5.73. The van der Waals surface area contributed by atoms with E-state index in [0.29, 0.717) is 17.2 Å². The van der Waals surface area contributed by atoms with Gasteiger partial charge in [-0.05, 0) is 63.1 Å². The Morgan fingerprint density at radius 2 is 2.09 bits per heavy atom. The van der Waals surface area contributed by atoms with Gasteiger partial charge < -0.3 is 15.4 Å². The molecule has 1 amide bonds. The lowest BCUT2D eigenvalue weighted by molar-refractivity contribution is -0.115. The summed E-state index contributed by atoms with van der Waals surface area (Å²) in [5, 5.41) is 10.5. The van der Waals surface area contributed by atoms with Crippen molar-refractivity contribution in [1.82, 2.24) is 15.1 Å². The average Bonchev–Trinajstić information content (AvgIpc) is 3.24. The van der Waals surface area contributed by atoms with Crippen LogP contribution in [-0.4, -0.2) is 32.2 Å². The number of allylic oxidation sites excluding steroid dienone is 2. The van der Waals surface area contributed by atoms with Crippen LogP contribution in [0.5, 0.6) is 5.75 Å². The van der Waals surface area contributed by atoms with Gasteiger partial charge in [-0.25, -0.2) is 0 Å². The fourth-order valence-electron chi connectivity index (χ4n) is 3.75. The Kier molecular flexibility index (Phi) is 6.61. The minimum absolute atomic E-state index is 0.0155. The number of anilines is 1. The Hall–Kier alpha value is -3.39. The van der Waals surface area contributed by atoms with Crippen LogP contribution in [0.25, 0.3) is 0 Å². The first kappa shape index (κ1) is 23.8. The third kappa shape index (κ3) is 5.39. The summed E-state index contributed by atoms with van der Waals surface area (Å²) in [5.74, 6) is 1.32. The van der Waals surface area contributed by atoms with Crippen LogP contribution in [0.1, 0.15) is 31.9 Å². The number of fused-ring (bicyclic) bond motifs is 1. The fourth-order valence-corrected chi connectivity index (χ4v) is 4.31. The molecule has 8 heteroatoms. The molecule has 2 heterocycles. The molecule has 2 atom stereocenters. The maximum Gasteiger partial charge on any atom is 0.228 e. The highest BCUT2D eigenvalue weighted by Crippen LogP contribution is 2.29. The topological polar surface area (TPSA) is 85.2 Å². The molecule has 1 aliphatic heterocycles. The number of aromatic nitrogens is 2. The Bertz CT molecular complexity index is 1260. The van der Waals surface area contributed by atoms with Gasteiger partial charge in [0, 0.05) is 39.9 Å². The third-order valence-corrected chi connectivity index (χ3v) is 6.51. The predicted octanol–water partition coefficient (Wildman–Crippen LogP) is 4.08. The molecule has 7 nitrogen and oxygen atoms in total. The summed E-state index contributed by atoms with van der Waals surface area (Å²) in [7, 11) is -1.07. The molecule has 1 aromatic carbocycles. The Morgan fingerprint density at radius 1 is 1.29 bits per heavy atom. The lowest BCUT2D eigenvalue weighted by Gasteiger charge is -2.25. The largest absolute Gasteiger partial charge is 0.457 e. The molecule has 0 radical (unpaired) electrons. The second kappa shape index (κ2) is 9.46. The third-order valence-electron chi connectivity index (χ3n) is 5.59. The predicted molar refractivity (Wildman–Crippen MR) is 136 cm³/mol. The lowest BCUT2D eigenvalue weighted by atomic mass is 9.98. The molecule has 4 rings (SSSR count). The Balaban J connectivity index is 1.46. The molecule has 178 valence electrons. The van der Waals surface area contributed by atoms with E-state index in [2.05, 4.69) is 36.5 Å². The van der Waals surface area contributed by atoms with Crippen molar-refractivity contribution in [3.05, 3.63) is 88.5 Å². The molecule has 0 saturated heterocycles. The molecule has 0 saturated carbocycles. The number of aryl methyl sites for hydroxylation is 1. The zero-order valence-electron chi connectivity index (χ0n) is 20.1. The van der Waals surface area contributed by atoms with Crippen molar-refractivity contribution < 1.29 is 13.7 Å². The SMILES string of the molecule is Cc1cc(CC(=O)Nc2cnn(C(C)(C)C)c2)ccc1OC1=C2C=C(S(C)=O)C=CC2NC=C1. The zero-order valence-corrected chi connectivity index (χ0v) is 20.9. The summed E-state index contributed by atoms with van der Waals surface area (Å²) in [6.45, 7) is 8.12. The van der Waals surface area contributed by atoms with E-state index >= 15 is 0 Å². The number of hydrogen-bond donors (Lipinski definition) is 2. The van der Waals surface area contributed by atoms with E-state index < -0.39 is 10.8 Å². The molecular formula is C26H30N4O3S. The van der Waals surface area contributed by atoms with Gasteiger partial charge in [0.15, 0.2) is 0 Å². The van der Waals surface area contributed by atoms with Crippen molar-refractivity contribution in [2.75, 3.05) is 11.6 Å². The first-order valence-electron chi connectivity index (χ1n) is 11.1. The van der Waals surface area contributed by atoms with Crippen molar-refractivity contribution in [2.45, 2.75) is 45.7 Å². The minimum Gasteiger partial charge on any atom is -0.457 e. The first-order valence-corrected chi connectivity index (χ1v) is 12.7. The summed E-state index contributed by atoms with van der Waals surface area (Å²) >= 11 is 0. The number of nitrogens with zero attached hydrogens (tertiary/aromatic N) is 2. The van der Waals surface area contributed by atoms with Crippen LogP contribution in [0.15, 0.2) is 77.3 Å². The Morgan fingerprint density at radius 3 is 2.76 bits per heavy atom. The van der Waals surface area contributed by atoms with Crippen LogP contribution >= 0.6 is 0 Å². The number of carbonyl (C=O) groups is 1. The number of dihydropyridines is 1. The quantitative estimate of drug-likeness (QED) is 0.654. The van der Waals surface area contributed by atoms with E-state index in [1.165, 1.54) is 0 Å². The second-order valence-electron chi connectivity index (χ2n) is 9.43. The number of rotatable bonds is 6.